The van der Waals surface area contributed by atoms with Crippen LogP contribution in [0.1, 0.15) is 46.5 Å². The molecule has 1 saturated carbocycles. The molecule has 1 aliphatic carbocycles. The molecule has 1 fully saturated rings. The van der Waals surface area contributed by atoms with Crippen LogP contribution in [-0.2, 0) is 11.2 Å². The largest absolute Gasteiger partial charge is 0.481 e. The van der Waals surface area contributed by atoms with Crippen LogP contribution in [0.2, 0.25) is 0 Å². The highest BCUT2D eigenvalue weighted by molar-refractivity contribution is 5.92. The Kier molecular flexibility index (Phi) is 4.86. The average molecular weight is 378 g/mol. The van der Waals surface area contributed by atoms with Crippen molar-refractivity contribution in [2.45, 2.75) is 32.1 Å². The molecule has 144 valence electrons. The highest BCUT2D eigenvalue weighted by Gasteiger charge is 2.31. The Morgan fingerprint density at radius 3 is 2.68 bits per heavy atom. The summed E-state index contributed by atoms with van der Waals surface area (Å²) in [7, 11) is 0. The van der Waals surface area contributed by atoms with Crippen molar-refractivity contribution >= 4 is 22.6 Å². The maximum absolute atomic E-state index is 12.4. The average Bonchev–Trinajstić information content (AvgIpc) is 3.46. The van der Waals surface area contributed by atoms with Crippen molar-refractivity contribution in [3.8, 4) is 0 Å². The van der Waals surface area contributed by atoms with Crippen LogP contribution in [-0.4, -0.2) is 28.5 Å². The maximum Gasteiger partial charge on any atom is 0.308 e. The summed E-state index contributed by atoms with van der Waals surface area (Å²) in [6, 6.07) is 13.9. The van der Waals surface area contributed by atoms with Crippen LogP contribution < -0.4 is 5.32 Å². The summed E-state index contributed by atoms with van der Waals surface area (Å²) < 4.78 is 5.59. The molecule has 6 nitrogen and oxygen atoms in total. The number of amides is 1. The minimum Gasteiger partial charge on any atom is -0.481 e. The number of fused-ring (bicyclic) bond motifs is 1. The van der Waals surface area contributed by atoms with E-state index in [2.05, 4.69) is 10.3 Å². The Morgan fingerprint density at radius 1 is 1.21 bits per heavy atom. The molecule has 2 aromatic carbocycles. The first-order valence-electron chi connectivity index (χ1n) is 9.47. The number of aliphatic carboxylic acids is 1. The summed E-state index contributed by atoms with van der Waals surface area (Å²) >= 11 is 0. The second-order valence-corrected chi connectivity index (χ2v) is 7.37. The SMILES string of the molecule is Cc1nc(C2CC2)oc1C(=O)NCC(Cc1ccc2ccccc2c1)C(=O)O. The number of nitrogens with one attached hydrogen (secondary N) is 1. The summed E-state index contributed by atoms with van der Waals surface area (Å²) in [5.74, 6) is -0.982. The van der Waals surface area contributed by atoms with E-state index < -0.39 is 17.8 Å². The second kappa shape index (κ2) is 7.46. The number of aryl methyl sites for hydroxylation is 1. The Hall–Kier alpha value is -3.15. The van der Waals surface area contributed by atoms with E-state index in [9.17, 15) is 14.7 Å². The maximum atomic E-state index is 12.4. The number of nitrogens with zero attached hydrogens (tertiary/aromatic N) is 1. The summed E-state index contributed by atoms with van der Waals surface area (Å²) in [5, 5.41) is 14.5. The van der Waals surface area contributed by atoms with E-state index in [0.29, 0.717) is 23.9 Å². The van der Waals surface area contributed by atoms with Gasteiger partial charge in [-0.1, -0.05) is 42.5 Å². The van der Waals surface area contributed by atoms with E-state index in [1.165, 1.54) is 0 Å². The molecule has 1 unspecified atom stereocenters. The lowest BCUT2D eigenvalue weighted by Crippen LogP contribution is -2.34. The van der Waals surface area contributed by atoms with Crippen molar-refractivity contribution in [3.05, 3.63) is 65.4 Å². The van der Waals surface area contributed by atoms with Crippen molar-refractivity contribution in [3.63, 3.8) is 0 Å². The van der Waals surface area contributed by atoms with E-state index >= 15 is 0 Å². The molecule has 1 amide bonds. The van der Waals surface area contributed by atoms with E-state index in [1.54, 1.807) is 6.92 Å². The van der Waals surface area contributed by atoms with Gasteiger partial charge >= 0.3 is 5.97 Å². The lowest BCUT2D eigenvalue weighted by molar-refractivity contribution is -0.141. The number of carbonyl (C=O) groups excluding carboxylic acids is 1. The fourth-order valence-corrected chi connectivity index (χ4v) is 3.33. The third-order valence-electron chi connectivity index (χ3n) is 5.10. The van der Waals surface area contributed by atoms with Gasteiger partial charge in [-0.2, -0.15) is 0 Å². The lowest BCUT2D eigenvalue weighted by atomic mass is 9.97. The highest BCUT2D eigenvalue weighted by atomic mass is 16.4. The molecule has 0 aliphatic heterocycles. The van der Waals surface area contributed by atoms with Gasteiger partial charge in [0.2, 0.25) is 5.76 Å². The Bertz CT molecular complexity index is 1040. The molecular weight excluding hydrogens is 356 g/mol. The molecule has 2 N–H and O–H groups in total. The van der Waals surface area contributed by atoms with Crippen LogP contribution in [0.3, 0.4) is 0 Å². The van der Waals surface area contributed by atoms with Gasteiger partial charge in [0.25, 0.3) is 5.91 Å². The smallest absolute Gasteiger partial charge is 0.308 e. The third-order valence-corrected chi connectivity index (χ3v) is 5.10. The van der Waals surface area contributed by atoms with Crippen LogP contribution in [0.4, 0.5) is 0 Å². The predicted molar refractivity (Wildman–Crippen MR) is 104 cm³/mol. The minimum absolute atomic E-state index is 0.0277. The van der Waals surface area contributed by atoms with Gasteiger partial charge in [-0.3, -0.25) is 9.59 Å². The molecule has 1 atom stereocenters. The van der Waals surface area contributed by atoms with Gasteiger partial charge in [-0.15, -0.1) is 0 Å². The molecule has 28 heavy (non-hydrogen) atoms. The van der Waals surface area contributed by atoms with Gasteiger partial charge in [0, 0.05) is 12.5 Å². The standard InChI is InChI=1S/C22H22N2O4/c1-13-19(28-21(24-13)16-8-9-16)20(25)23-12-18(22(26)27)11-14-6-7-15-4-2-3-5-17(15)10-14/h2-7,10,16,18H,8-9,11-12H2,1H3,(H,23,25)(H,26,27). The van der Waals surface area contributed by atoms with Gasteiger partial charge in [-0.25, -0.2) is 4.98 Å². The first-order valence-corrected chi connectivity index (χ1v) is 9.47. The summed E-state index contributed by atoms with van der Waals surface area (Å²) in [6.07, 6.45) is 2.41. The fourth-order valence-electron chi connectivity index (χ4n) is 3.33. The molecule has 1 heterocycles. The zero-order chi connectivity index (χ0) is 19.7. The number of hydrogen-bond donors (Lipinski definition) is 2. The summed E-state index contributed by atoms with van der Waals surface area (Å²) in [5.41, 5.74) is 1.47. The molecule has 1 aliphatic rings. The zero-order valence-corrected chi connectivity index (χ0v) is 15.6. The van der Waals surface area contributed by atoms with Crippen LogP contribution in [0.5, 0.6) is 0 Å². The van der Waals surface area contributed by atoms with E-state index in [4.69, 9.17) is 4.42 Å². The minimum atomic E-state index is -0.943. The van der Waals surface area contributed by atoms with Crippen molar-refractivity contribution in [1.82, 2.24) is 10.3 Å². The third kappa shape index (κ3) is 3.91. The van der Waals surface area contributed by atoms with Crippen molar-refractivity contribution < 1.29 is 19.1 Å². The van der Waals surface area contributed by atoms with Gasteiger partial charge in [0.05, 0.1) is 11.6 Å². The number of oxazole rings is 1. The van der Waals surface area contributed by atoms with Crippen LogP contribution in [0.15, 0.2) is 46.9 Å². The van der Waals surface area contributed by atoms with Gasteiger partial charge in [-0.05, 0) is 42.5 Å². The topological polar surface area (TPSA) is 92.4 Å². The number of carboxylic acid groups (broad SMARTS) is 1. The number of carbonyl (C=O) groups is 2. The molecular formula is C22H22N2O4. The zero-order valence-electron chi connectivity index (χ0n) is 15.6. The predicted octanol–water partition coefficient (Wildman–Crippen LogP) is 3.69. The van der Waals surface area contributed by atoms with Crippen LogP contribution >= 0.6 is 0 Å². The fraction of sp³-hybridized carbons (Fsp3) is 0.318. The van der Waals surface area contributed by atoms with Crippen molar-refractivity contribution in [2.75, 3.05) is 6.54 Å². The van der Waals surface area contributed by atoms with E-state index in [1.807, 2.05) is 42.5 Å². The Morgan fingerprint density at radius 2 is 1.96 bits per heavy atom. The number of rotatable bonds is 7. The molecule has 3 aromatic rings. The van der Waals surface area contributed by atoms with E-state index in [-0.39, 0.29) is 12.3 Å². The highest BCUT2D eigenvalue weighted by Crippen LogP contribution is 2.40. The molecule has 0 saturated heterocycles. The quantitative estimate of drug-likeness (QED) is 0.654. The summed E-state index contributed by atoms with van der Waals surface area (Å²) in [4.78, 5) is 28.4. The lowest BCUT2D eigenvalue weighted by Gasteiger charge is -2.13. The number of aromatic nitrogens is 1. The van der Waals surface area contributed by atoms with E-state index in [0.717, 1.165) is 29.2 Å². The van der Waals surface area contributed by atoms with Gasteiger partial charge in [0.1, 0.15) is 0 Å². The van der Waals surface area contributed by atoms with Crippen molar-refractivity contribution in [2.24, 2.45) is 5.92 Å². The van der Waals surface area contributed by atoms with Gasteiger partial charge in [0.15, 0.2) is 5.89 Å². The van der Waals surface area contributed by atoms with Crippen LogP contribution in [0, 0.1) is 12.8 Å². The molecule has 6 heteroatoms. The molecule has 0 spiro atoms. The first-order chi connectivity index (χ1) is 13.5. The number of hydrogen-bond acceptors (Lipinski definition) is 4. The summed E-state index contributed by atoms with van der Waals surface area (Å²) in [6.45, 7) is 1.76. The normalized spacial score (nSPS) is 14.8. The second-order valence-electron chi connectivity index (χ2n) is 7.37. The molecule has 0 radical (unpaired) electrons. The number of carboxylic acids is 1. The Labute approximate surface area is 162 Å². The molecule has 1 aromatic heterocycles. The monoisotopic (exact) mass is 378 g/mol. The first kappa shape index (κ1) is 18.2. The van der Waals surface area contributed by atoms with Gasteiger partial charge < -0.3 is 14.8 Å². The molecule has 0 bridgehead atoms. The molecule has 4 rings (SSSR count). The Balaban J connectivity index is 1.43. The number of benzene rings is 2. The van der Waals surface area contributed by atoms with Crippen molar-refractivity contribution in [1.29, 1.82) is 0 Å². The van der Waals surface area contributed by atoms with Crippen LogP contribution in [0.25, 0.3) is 10.8 Å².